The van der Waals surface area contributed by atoms with Crippen LogP contribution in [0.15, 0.2) is 18.3 Å². The van der Waals surface area contributed by atoms with E-state index in [0.717, 1.165) is 45.6 Å². The van der Waals surface area contributed by atoms with E-state index in [0.29, 0.717) is 12.0 Å². The van der Waals surface area contributed by atoms with Gasteiger partial charge in [0.2, 0.25) is 0 Å². The molecule has 0 saturated carbocycles. The van der Waals surface area contributed by atoms with Crippen molar-refractivity contribution in [3.8, 4) is 0 Å². The van der Waals surface area contributed by atoms with Crippen molar-refractivity contribution in [1.82, 2.24) is 15.2 Å². The Kier molecular flexibility index (Phi) is 6.61. The van der Waals surface area contributed by atoms with E-state index in [9.17, 15) is 0 Å². The van der Waals surface area contributed by atoms with Crippen LogP contribution in [0.3, 0.4) is 0 Å². The van der Waals surface area contributed by atoms with Gasteiger partial charge in [-0.1, -0.05) is 19.9 Å². The topological polar surface area (TPSA) is 37.4 Å². The minimum absolute atomic E-state index is 0.448. The summed E-state index contributed by atoms with van der Waals surface area (Å²) < 4.78 is 5.41. The first-order chi connectivity index (χ1) is 10.2. The Labute approximate surface area is 128 Å². The normalized spacial score (nSPS) is 17.5. The lowest BCUT2D eigenvalue weighted by Crippen LogP contribution is -2.36. The molecule has 2 heterocycles. The number of hydrogen-bond acceptors (Lipinski definition) is 4. The average Bonchev–Trinajstić information content (AvgIpc) is 2.49. The van der Waals surface area contributed by atoms with Crippen molar-refractivity contribution in [2.24, 2.45) is 5.92 Å². The maximum atomic E-state index is 5.41. The molecule has 1 N–H and O–H groups in total. The molecule has 0 spiro atoms. The number of nitrogens with one attached hydrogen (secondary N) is 1. The minimum Gasteiger partial charge on any atom is -0.381 e. The highest BCUT2D eigenvalue weighted by Gasteiger charge is 2.18. The van der Waals surface area contributed by atoms with Crippen LogP contribution in [0, 0.1) is 5.92 Å². The first kappa shape index (κ1) is 16.4. The summed E-state index contributed by atoms with van der Waals surface area (Å²) in [6.45, 7) is 9.58. The summed E-state index contributed by atoms with van der Waals surface area (Å²) in [5.74, 6) is 0.687. The van der Waals surface area contributed by atoms with Crippen molar-refractivity contribution in [1.29, 1.82) is 0 Å². The fourth-order valence-corrected chi connectivity index (χ4v) is 2.69. The van der Waals surface area contributed by atoms with E-state index < -0.39 is 0 Å². The van der Waals surface area contributed by atoms with Gasteiger partial charge in [0, 0.05) is 39.5 Å². The van der Waals surface area contributed by atoms with Gasteiger partial charge in [-0.15, -0.1) is 0 Å². The molecule has 1 aliphatic heterocycles. The van der Waals surface area contributed by atoms with E-state index in [1.54, 1.807) is 0 Å². The van der Waals surface area contributed by atoms with Gasteiger partial charge in [0.1, 0.15) is 0 Å². The van der Waals surface area contributed by atoms with Crippen LogP contribution in [-0.2, 0) is 17.8 Å². The quantitative estimate of drug-likeness (QED) is 0.837. The van der Waals surface area contributed by atoms with Gasteiger partial charge in [0.25, 0.3) is 0 Å². The van der Waals surface area contributed by atoms with Crippen molar-refractivity contribution in [3.05, 3.63) is 29.6 Å². The molecule has 0 bridgehead atoms. The molecule has 0 aromatic carbocycles. The number of nitrogens with zero attached hydrogens (tertiary/aromatic N) is 2. The highest BCUT2D eigenvalue weighted by Crippen LogP contribution is 2.15. The van der Waals surface area contributed by atoms with Crippen molar-refractivity contribution < 1.29 is 4.74 Å². The van der Waals surface area contributed by atoms with Crippen LogP contribution in [0.5, 0.6) is 0 Å². The molecule has 0 aliphatic carbocycles. The lowest BCUT2D eigenvalue weighted by Gasteiger charge is -2.30. The molecule has 2 rings (SSSR count). The van der Waals surface area contributed by atoms with Gasteiger partial charge in [-0.05, 0) is 36.9 Å². The predicted octanol–water partition coefficient (Wildman–Crippen LogP) is 2.44. The lowest BCUT2D eigenvalue weighted by molar-refractivity contribution is 0.0385. The summed E-state index contributed by atoms with van der Waals surface area (Å²) in [7, 11) is 1.81. The predicted molar refractivity (Wildman–Crippen MR) is 86.1 cm³/mol. The second kappa shape index (κ2) is 8.47. The Morgan fingerprint density at radius 3 is 2.67 bits per heavy atom. The van der Waals surface area contributed by atoms with Gasteiger partial charge >= 0.3 is 0 Å². The third kappa shape index (κ3) is 5.73. The second-order valence-electron chi connectivity index (χ2n) is 6.39. The smallest absolute Gasteiger partial charge is 0.0595 e. The van der Waals surface area contributed by atoms with Gasteiger partial charge in [-0.2, -0.15) is 0 Å². The first-order valence-corrected chi connectivity index (χ1v) is 8.07. The summed E-state index contributed by atoms with van der Waals surface area (Å²) >= 11 is 0. The summed E-state index contributed by atoms with van der Waals surface area (Å²) in [5, 5.41) is 3.45. The number of ether oxygens (including phenoxy) is 1. The highest BCUT2D eigenvalue weighted by atomic mass is 16.5. The summed E-state index contributed by atoms with van der Waals surface area (Å²) in [4.78, 5) is 7.06. The third-order valence-electron chi connectivity index (χ3n) is 4.02. The Morgan fingerprint density at radius 1 is 1.33 bits per heavy atom. The van der Waals surface area contributed by atoms with E-state index in [1.807, 2.05) is 13.3 Å². The molecule has 1 saturated heterocycles. The zero-order valence-corrected chi connectivity index (χ0v) is 13.6. The van der Waals surface area contributed by atoms with Crippen LogP contribution in [0.1, 0.15) is 37.9 Å². The number of piperidine rings is 1. The number of hydrogen-bond donors (Lipinski definition) is 1. The molecule has 4 nitrogen and oxygen atoms in total. The molecule has 0 atom stereocenters. The molecule has 0 radical (unpaired) electrons. The Balaban J connectivity index is 1.74. The van der Waals surface area contributed by atoms with Crippen LogP contribution < -0.4 is 5.32 Å². The molecule has 4 heteroatoms. The van der Waals surface area contributed by atoms with Gasteiger partial charge in [-0.25, -0.2) is 0 Å². The minimum atomic E-state index is 0.448. The second-order valence-corrected chi connectivity index (χ2v) is 6.39. The molecule has 1 aromatic rings. The van der Waals surface area contributed by atoms with Crippen molar-refractivity contribution >= 4 is 0 Å². The third-order valence-corrected chi connectivity index (χ3v) is 4.02. The maximum Gasteiger partial charge on any atom is 0.0595 e. The van der Waals surface area contributed by atoms with Crippen molar-refractivity contribution in [2.75, 3.05) is 26.7 Å². The zero-order chi connectivity index (χ0) is 15.1. The Bertz CT molecular complexity index is 397. The first-order valence-electron chi connectivity index (χ1n) is 8.07. The SMILES string of the molecule is COC1CCN(Cc2ccc(CNCC(C)C)cn2)CC1. The van der Waals surface area contributed by atoms with Crippen molar-refractivity contribution in [3.63, 3.8) is 0 Å². The number of likely N-dealkylation sites (tertiary alicyclic amines) is 1. The summed E-state index contributed by atoms with van der Waals surface area (Å²) in [6.07, 6.45) is 4.72. The van der Waals surface area contributed by atoms with E-state index in [1.165, 1.54) is 11.3 Å². The number of methoxy groups -OCH3 is 1. The molecular formula is C17H29N3O. The highest BCUT2D eigenvalue weighted by molar-refractivity contribution is 5.14. The van der Waals surface area contributed by atoms with Gasteiger partial charge in [0.05, 0.1) is 11.8 Å². The molecule has 1 aliphatic rings. The molecule has 21 heavy (non-hydrogen) atoms. The van der Waals surface area contributed by atoms with Crippen LogP contribution in [0.4, 0.5) is 0 Å². The molecule has 1 fully saturated rings. The maximum absolute atomic E-state index is 5.41. The van der Waals surface area contributed by atoms with Crippen LogP contribution in [0.25, 0.3) is 0 Å². The van der Waals surface area contributed by atoms with Crippen LogP contribution in [-0.4, -0.2) is 42.7 Å². The number of rotatable bonds is 7. The van der Waals surface area contributed by atoms with Crippen molar-refractivity contribution in [2.45, 2.75) is 45.9 Å². The molecule has 1 aromatic heterocycles. The van der Waals surface area contributed by atoms with Crippen LogP contribution >= 0.6 is 0 Å². The van der Waals surface area contributed by atoms with E-state index in [-0.39, 0.29) is 0 Å². The van der Waals surface area contributed by atoms with Gasteiger partial charge in [-0.3, -0.25) is 9.88 Å². The fraction of sp³-hybridized carbons (Fsp3) is 0.706. The van der Waals surface area contributed by atoms with Crippen LogP contribution in [0.2, 0.25) is 0 Å². The van der Waals surface area contributed by atoms with E-state index in [4.69, 9.17) is 4.74 Å². The number of aromatic nitrogens is 1. The molecule has 0 unspecified atom stereocenters. The number of pyridine rings is 1. The zero-order valence-electron chi connectivity index (χ0n) is 13.6. The molecule has 0 amide bonds. The lowest BCUT2D eigenvalue weighted by atomic mass is 10.1. The molecule has 118 valence electrons. The van der Waals surface area contributed by atoms with Gasteiger partial charge < -0.3 is 10.1 Å². The Hall–Kier alpha value is -0.970. The summed E-state index contributed by atoms with van der Waals surface area (Å²) in [6, 6.07) is 4.35. The standard InChI is InChI=1S/C17H29N3O/c1-14(2)10-18-11-15-4-5-16(19-12-15)13-20-8-6-17(21-3)7-9-20/h4-5,12,14,17-18H,6-11,13H2,1-3H3. The summed E-state index contributed by atoms with van der Waals surface area (Å²) in [5.41, 5.74) is 2.43. The molecular weight excluding hydrogens is 262 g/mol. The van der Waals surface area contributed by atoms with E-state index >= 15 is 0 Å². The van der Waals surface area contributed by atoms with E-state index in [2.05, 4.69) is 41.2 Å². The van der Waals surface area contributed by atoms with Gasteiger partial charge in [0.15, 0.2) is 0 Å². The Morgan fingerprint density at radius 2 is 2.10 bits per heavy atom. The largest absolute Gasteiger partial charge is 0.381 e. The fourth-order valence-electron chi connectivity index (χ4n) is 2.69. The average molecular weight is 291 g/mol. The monoisotopic (exact) mass is 291 g/mol.